The first-order chi connectivity index (χ1) is 8.58. The summed E-state index contributed by atoms with van der Waals surface area (Å²) in [4.78, 5) is 15.1. The van der Waals surface area contributed by atoms with Crippen LogP contribution in [0.2, 0.25) is 0 Å². The number of carbonyl (C=O) groups excluding carboxylic acids is 1. The zero-order chi connectivity index (χ0) is 13.1. The van der Waals surface area contributed by atoms with Crippen molar-refractivity contribution in [2.45, 2.75) is 20.3 Å². The second kappa shape index (κ2) is 5.08. The number of aryl methyl sites for hydroxylation is 1. The molecule has 1 aromatic carbocycles. The Morgan fingerprint density at radius 1 is 1.39 bits per heavy atom. The van der Waals surface area contributed by atoms with Crippen LogP contribution in [0, 0.1) is 6.92 Å². The predicted molar refractivity (Wildman–Crippen MR) is 74.6 cm³/mol. The number of H-pyrrole nitrogens is 1. The van der Waals surface area contributed by atoms with Gasteiger partial charge in [-0.15, -0.1) is 0 Å². The van der Waals surface area contributed by atoms with E-state index < -0.39 is 0 Å². The molecular formula is C15H18N2O. The van der Waals surface area contributed by atoms with Crippen molar-refractivity contribution < 1.29 is 4.79 Å². The van der Waals surface area contributed by atoms with E-state index in [2.05, 4.69) is 16.9 Å². The molecule has 0 saturated heterocycles. The van der Waals surface area contributed by atoms with E-state index in [0.717, 1.165) is 27.7 Å². The lowest BCUT2D eigenvalue weighted by molar-refractivity contribution is -0.120. The van der Waals surface area contributed by atoms with E-state index in [1.807, 2.05) is 38.1 Å². The van der Waals surface area contributed by atoms with Gasteiger partial charge in [0.25, 0.3) is 0 Å². The third kappa shape index (κ3) is 2.62. The highest BCUT2D eigenvalue weighted by Crippen LogP contribution is 2.22. The van der Waals surface area contributed by atoms with Crippen LogP contribution in [0.1, 0.15) is 18.2 Å². The molecule has 0 saturated carbocycles. The summed E-state index contributed by atoms with van der Waals surface area (Å²) in [6.45, 7) is 8.21. The molecule has 18 heavy (non-hydrogen) atoms. The van der Waals surface area contributed by atoms with Crippen LogP contribution in [-0.2, 0) is 11.2 Å². The van der Waals surface area contributed by atoms with Gasteiger partial charge in [-0.2, -0.15) is 0 Å². The maximum absolute atomic E-state index is 11.8. The molecule has 0 aliphatic rings. The Morgan fingerprint density at radius 3 is 2.83 bits per heavy atom. The van der Waals surface area contributed by atoms with Crippen molar-refractivity contribution in [1.82, 2.24) is 10.3 Å². The highest BCUT2D eigenvalue weighted by Gasteiger charge is 2.11. The number of fused-ring (bicyclic) bond motifs is 1. The topological polar surface area (TPSA) is 44.9 Å². The lowest BCUT2D eigenvalue weighted by Gasteiger charge is -2.05. The molecular weight excluding hydrogens is 224 g/mol. The number of para-hydroxylation sites is 1. The molecule has 2 N–H and O–H groups in total. The molecule has 0 unspecified atom stereocenters. The average molecular weight is 242 g/mol. The molecule has 0 bridgehead atoms. The molecule has 3 heteroatoms. The molecule has 2 rings (SSSR count). The minimum absolute atomic E-state index is 0.0332. The molecule has 0 aliphatic heterocycles. The standard InChI is InChI=1S/C15H18N2O/c1-10(2)9-16-15(18)8-13-11(3)17-14-7-5-4-6-12(13)14/h4-7,17H,1,8-9H2,2-3H3,(H,16,18). The van der Waals surface area contributed by atoms with Gasteiger partial charge < -0.3 is 10.3 Å². The first kappa shape index (κ1) is 12.4. The largest absolute Gasteiger partial charge is 0.358 e. The van der Waals surface area contributed by atoms with Crippen molar-refractivity contribution in [3.8, 4) is 0 Å². The number of nitrogens with one attached hydrogen (secondary N) is 2. The van der Waals surface area contributed by atoms with Gasteiger partial charge in [-0.05, 0) is 25.5 Å². The summed E-state index contributed by atoms with van der Waals surface area (Å²) in [6, 6.07) is 8.05. The Morgan fingerprint density at radius 2 is 2.11 bits per heavy atom. The normalized spacial score (nSPS) is 10.6. The molecule has 1 aromatic heterocycles. The third-order valence-corrected chi connectivity index (χ3v) is 2.95. The van der Waals surface area contributed by atoms with Gasteiger partial charge in [0.2, 0.25) is 5.91 Å². The lowest BCUT2D eigenvalue weighted by atomic mass is 10.1. The molecule has 94 valence electrons. The van der Waals surface area contributed by atoms with E-state index in [9.17, 15) is 4.79 Å². The van der Waals surface area contributed by atoms with Crippen molar-refractivity contribution in [3.63, 3.8) is 0 Å². The first-order valence-electron chi connectivity index (χ1n) is 6.05. The van der Waals surface area contributed by atoms with Crippen molar-refractivity contribution >= 4 is 16.8 Å². The molecule has 0 atom stereocenters. The molecule has 0 aliphatic carbocycles. The Bertz CT molecular complexity index is 596. The summed E-state index contributed by atoms with van der Waals surface area (Å²) >= 11 is 0. The summed E-state index contributed by atoms with van der Waals surface area (Å²) in [6.07, 6.45) is 0.406. The molecule has 0 spiro atoms. The van der Waals surface area contributed by atoms with Gasteiger partial charge in [-0.1, -0.05) is 30.4 Å². The van der Waals surface area contributed by atoms with E-state index in [4.69, 9.17) is 0 Å². The van der Waals surface area contributed by atoms with E-state index in [0.29, 0.717) is 13.0 Å². The maximum atomic E-state index is 11.8. The number of aromatic amines is 1. The summed E-state index contributed by atoms with van der Waals surface area (Å²) < 4.78 is 0. The summed E-state index contributed by atoms with van der Waals surface area (Å²) in [5.41, 5.74) is 4.17. The number of amides is 1. The van der Waals surface area contributed by atoms with Gasteiger partial charge in [-0.25, -0.2) is 0 Å². The second-order valence-electron chi connectivity index (χ2n) is 4.68. The van der Waals surface area contributed by atoms with Crippen molar-refractivity contribution in [2.24, 2.45) is 0 Å². The van der Waals surface area contributed by atoms with Crippen LogP contribution >= 0.6 is 0 Å². The predicted octanol–water partition coefficient (Wildman–Crippen LogP) is 2.71. The summed E-state index contributed by atoms with van der Waals surface area (Å²) in [5.74, 6) is 0.0332. The van der Waals surface area contributed by atoms with E-state index in [1.165, 1.54) is 0 Å². The van der Waals surface area contributed by atoms with E-state index in [-0.39, 0.29) is 5.91 Å². The number of aromatic nitrogens is 1. The van der Waals surface area contributed by atoms with Crippen LogP contribution < -0.4 is 5.32 Å². The smallest absolute Gasteiger partial charge is 0.224 e. The number of hydrogen-bond donors (Lipinski definition) is 2. The second-order valence-corrected chi connectivity index (χ2v) is 4.68. The first-order valence-corrected chi connectivity index (χ1v) is 6.05. The fourth-order valence-electron chi connectivity index (χ4n) is 2.04. The van der Waals surface area contributed by atoms with Gasteiger partial charge in [0.05, 0.1) is 6.42 Å². The number of hydrogen-bond acceptors (Lipinski definition) is 1. The summed E-state index contributed by atoms with van der Waals surface area (Å²) in [5, 5.41) is 3.99. The van der Waals surface area contributed by atoms with E-state index in [1.54, 1.807) is 0 Å². The van der Waals surface area contributed by atoms with Crippen LogP contribution in [0.3, 0.4) is 0 Å². The quantitative estimate of drug-likeness (QED) is 0.795. The van der Waals surface area contributed by atoms with Crippen LogP contribution in [0.25, 0.3) is 10.9 Å². The van der Waals surface area contributed by atoms with Crippen LogP contribution in [0.5, 0.6) is 0 Å². The highest BCUT2D eigenvalue weighted by molar-refractivity contribution is 5.90. The molecule has 0 radical (unpaired) electrons. The third-order valence-electron chi connectivity index (χ3n) is 2.95. The summed E-state index contributed by atoms with van der Waals surface area (Å²) in [7, 11) is 0. The molecule has 3 nitrogen and oxygen atoms in total. The van der Waals surface area contributed by atoms with Gasteiger partial charge in [-0.3, -0.25) is 4.79 Å². The monoisotopic (exact) mass is 242 g/mol. The Balaban J connectivity index is 2.18. The van der Waals surface area contributed by atoms with Crippen molar-refractivity contribution in [1.29, 1.82) is 0 Å². The molecule has 2 aromatic rings. The zero-order valence-corrected chi connectivity index (χ0v) is 10.8. The molecule has 1 amide bonds. The van der Waals surface area contributed by atoms with Crippen molar-refractivity contribution in [2.75, 3.05) is 6.54 Å². The van der Waals surface area contributed by atoms with Gasteiger partial charge in [0.15, 0.2) is 0 Å². The van der Waals surface area contributed by atoms with Crippen LogP contribution in [0.15, 0.2) is 36.4 Å². The van der Waals surface area contributed by atoms with Crippen LogP contribution in [-0.4, -0.2) is 17.4 Å². The zero-order valence-electron chi connectivity index (χ0n) is 10.8. The number of rotatable bonds is 4. The van der Waals surface area contributed by atoms with Crippen molar-refractivity contribution in [3.05, 3.63) is 47.7 Å². The number of benzene rings is 1. The van der Waals surface area contributed by atoms with E-state index >= 15 is 0 Å². The Labute approximate surface area is 107 Å². The number of carbonyl (C=O) groups is 1. The highest BCUT2D eigenvalue weighted by atomic mass is 16.1. The fourth-order valence-corrected chi connectivity index (χ4v) is 2.04. The van der Waals surface area contributed by atoms with Gasteiger partial charge >= 0.3 is 0 Å². The molecule has 0 fully saturated rings. The van der Waals surface area contributed by atoms with Gasteiger partial charge in [0.1, 0.15) is 0 Å². The SMILES string of the molecule is C=C(C)CNC(=O)Cc1c(C)[nH]c2ccccc12. The lowest BCUT2D eigenvalue weighted by Crippen LogP contribution is -2.26. The fraction of sp³-hybridized carbons (Fsp3) is 0.267. The van der Waals surface area contributed by atoms with Gasteiger partial charge in [0, 0.05) is 23.1 Å². The van der Waals surface area contributed by atoms with Crippen LogP contribution in [0.4, 0.5) is 0 Å². The average Bonchev–Trinajstić information content (AvgIpc) is 2.64. The minimum Gasteiger partial charge on any atom is -0.358 e. The Hall–Kier alpha value is -2.03. The maximum Gasteiger partial charge on any atom is 0.224 e. The molecule has 1 heterocycles. The Kier molecular flexibility index (Phi) is 3.51. The minimum atomic E-state index is 0.0332.